The molecule has 0 aliphatic carbocycles. The number of primary sulfonamides is 1. The fraction of sp³-hybridized carbons (Fsp3) is 0.222. The number of hydrogen-bond acceptors (Lipinski definition) is 10. The van der Waals surface area contributed by atoms with Crippen molar-refractivity contribution in [1.29, 1.82) is 0 Å². The van der Waals surface area contributed by atoms with Gasteiger partial charge in [-0.25, -0.2) is 26.7 Å². The summed E-state index contributed by atoms with van der Waals surface area (Å²) < 4.78 is 53.3. The van der Waals surface area contributed by atoms with Crippen LogP contribution in [0.15, 0.2) is 46.2 Å². The summed E-state index contributed by atoms with van der Waals surface area (Å²) >= 11 is 0. The number of benzene rings is 2. The predicted molar refractivity (Wildman–Crippen MR) is 122 cm³/mol. The van der Waals surface area contributed by atoms with Gasteiger partial charge in [0.05, 0.1) is 5.56 Å². The fourth-order valence-electron chi connectivity index (χ4n) is 3.17. The number of carbonyl (C=O) groups excluding carboxylic acids is 1. The summed E-state index contributed by atoms with van der Waals surface area (Å²) in [5.41, 5.74) is 11.4. The first kappa shape index (κ1) is 25.3. The van der Waals surface area contributed by atoms with E-state index in [0.29, 0.717) is 5.56 Å². The molecule has 0 saturated carbocycles. The monoisotopic (exact) mass is 509 g/mol. The highest BCUT2D eigenvalue weighted by molar-refractivity contribution is 7.92. The van der Waals surface area contributed by atoms with Crippen molar-refractivity contribution in [3.63, 3.8) is 0 Å². The van der Waals surface area contributed by atoms with Crippen LogP contribution in [0.1, 0.15) is 10.4 Å². The van der Waals surface area contributed by atoms with Crippen molar-refractivity contribution in [3.8, 4) is 22.5 Å². The number of sulfonamides is 2. The minimum atomic E-state index is -4.63. The fourth-order valence-corrected chi connectivity index (χ4v) is 5.82. The molecule has 3 aromatic rings. The Morgan fingerprint density at radius 3 is 2.38 bits per heavy atom. The second-order valence-corrected chi connectivity index (χ2v) is 10.1. The zero-order chi connectivity index (χ0) is 24.9. The van der Waals surface area contributed by atoms with Crippen molar-refractivity contribution in [2.45, 2.75) is 9.79 Å². The molecule has 9 N–H and O–H groups in total. The number of aromatic amines is 1. The molecule has 0 unspecified atom stereocenters. The lowest BCUT2D eigenvalue weighted by molar-refractivity contribution is 0.0954. The largest absolute Gasteiger partial charge is 0.351 e. The third-order valence-electron chi connectivity index (χ3n) is 4.57. The van der Waals surface area contributed by atoms with Gasteiger partial charge in [0.2, 0.25) is 25.9 Å². The highest BCUT2D eigenvalue weighted by Gasteiger charge is 2.32. The summed E-state index contributed by atoms with van der Waals surface area (Å²) in [6, 6.07) is 8.70. The number of rotatable bonds is 10. The zero-order valence-electron chi connectivity index (χ0n) is 17.7. The van der Waals surface area contributed by atoms with Gasteiger partial charge in [0.15, 0.2) is 0 Å². The molecule has 0 aliphatic heterocycles. The molecule has 14 nitrogen and oxygen atoms in total. The van der Waals surface area contributed by atoms with E-state index in [-0.39, 0.29) is 48.7 Å². The molecule has 0 saturated heterocycles. The van der Waals surface area contributed by atoms with Crippen LogP contribution in [0.2, 0.25) is 0 Å². The smallest absolute Gasteiger partial charge is 0.251 e. The maximum Gasteiger partial charge on any atom is 0.251 e. The van der Waals surface area contributed by atoms with Gasteiger partial charge in [-0.1, -0.05) is 18.2 Å². The van der Waals surface area contributed by atoms with E-state index < -0.39 is 35.7 Å². The summed E-state index contributed by atoms with van der Waals surface area (Å²) in [5, 5.41) is 21.4. The minimum absolute atomic E-state index is 0.0151. The van der Waals surface area contributed by atoms with E-state index in [2.05, 4.69) is 30.7 Å². The molecule has 0 fully saturated rings. The molecule has 1 aromatic heterocycles. The quantitative estimate of drug-likeness (QED) is 0.177. The summed E-state index contributed by atoms with van der Waals surface area (Å²) in [4.78, 5) is 11.1. The predicted octanol–water partition coefficient (Wildman–Crippen LogP) is -1.89. The number of amides is 1. The summed E-state index contributed by atoms with van der Waals surface area (Å²) in [6.45, 7) is 0.360. The van der Waals surface area contributed by atoms with Gasteiger partial charge in [-0.3, -0.25) is 4.79 Å². The Morgan fingerprint density at radius 2 is 1.76 bits per heavy atom. The molecule has 0 spiro atoms. The van der Waals surface area contributed by atoms with Crippen molar-refractivity contribution < 1.29 is 21.6 Å². The van der Waals surface area contributed by atoms with Crippen molar-refractivity contribution in [2.75, 3.05) is 26.2 Å². The van der Waals surface area contributed by atoms with Crippen molar-refractivity contribution in [1.82, 2.24) is 30.7 Å². The van der Waals surface area contributed by atoms with E-state index in [4.69, 9.17) is 16.6 Å². The van der Waals surface area contributed by atoms with Gasteiger partial charge in [-0.05, 0) is 34.5 Å². The van der Waals surface area contributed by atoms with Gasteiger partial charge >= 0.3 is 0 Å². The number of nitrogens with two attached hydrogens (primary N) is 3. The van der Waals surface area contributed by atoms with Gasteiger partial charge in [0, 0.05) is 31.7 Å². The maximum atomic E-state index is 12.9. The second kappa shape index (κ2) is 10.3. The van der Waals surface area contributed by atoms with Crippen LogP contribution < -0.4 is 26.6 Å². The first-order chi connectivity index (χ1) is 16.1. The lowest BCUT2D eigenvalue weighted by Gasteiger charge is -2.17. The SMILES string of the molecule is NCCNC(=O)c1cccc(-c2ccc(S(=O)(=O)NCCN)c(S(N)(=O)=O)c2-c2nn[nH]n2)c1. The lowest BCUT2D eigenvalue weighted by atomic mass is 9.97. The average molecular weight is 510 g/mol. The molecule has 1 amide bonds. The molecule has 182 valence electrons. The van der Waals surface area contributed by atoms with E-state index in [1.807, 2.05) is 0 Å². The lowest BCUT2D eigenvalue weighted by Crippen LogP contribution is -2.31. The second-order valence-electron chi connectivity index (χ2n) is 6.91. The molecule has 0 aliphatic rings. The third-order valence-corrected chi connectivity index (χ3v) is 7.19. The molecule has 3 rings (SSSR count). The van der Waals surface area contributed by atoms with E-state index in [0.717, 1.165) is 6.07 Å². The van der Waals surface area contributed by atoms with Gasteiger partial charge in [0.25, 0.3) is 5.91 Å². The number of H-pyrrole nitrogens is 1. The Kier molecular flexibility index (Phi) is 7.70. The van der Waals surface area contributed by atoms with Crippen LogP contribution >= 0.6 is 0 Å². The minimum Gasteiger partial charge on any atom is -0.351 e. The van der Waals surface area contributed by atoms with Gasteiger partial charge in [-0.15, -0.1) is 10.2 Å². The van der Waals surface area contributed by atoms with E-state index in [1.54, 1.807) is 18.2 Å². The zero-order valence-corrected chi connectivity index (χ0v) is 19.4. The van der Waals surface area contributed by atoms with E-state index in [9.17, 15) is 21.6 Å². The summed E-state index contributed by atoms with van der Waals surface area (Å²) in [6.07, 6.45) is 0. The van der Waals surface area contributed by atoms with Crippen molar-refractivity contribution in [3.05, 3.63) is 42.0 Å². The Bertz CT molecular complexity index is 1390. The van der Waals surface area contributed by atoms with E-state index in [1.165, 1.54) is 12.1 Å². The van der Waals surface area contributed by atoms with Crippen LogP contribution in [0, 0.1) is 0 Å². The number of nitrogens with one attached hydrogen (secondary N) is 3. The van der Waals surface area contributed by atoms with Crippen LogP contribution in [0.4, 0.5) is 0 Å². The number of hydrogen-bond donors (Lipinski definition) is 6. The van der Waals surface area contributed by atoms with Crippen LogP contribution in [-0.4, -0.2) is 69.5 Å². The normalized spacial score (nSPS) is 12.0. The number of carbonyl (C=O) groups is 1. The van der Waals surface area contributed by atoms with Crippen LogP contribution in [0.25, 0.3) is 22.5 Å². The molecule has 0 bridgehead atoms. The Morgan fingerprint density at radius 1 is 1.03 bits per heavy atom. The van der Waals surface area contributed by atoms with Crippen LogP contribution in [-0.2, 0) is 20.0 Å². The van der Waals surface area contributed by atoms with Crippen molar-refractivity contribution >= 4 is 26.0 Å². The van der Waals surface area contributed by atoms with Gasteiger partial charge < -0.3 is 16.8 Å². The number of nitrogens with zero attached hydrogens (tertiary/aromatic N) is 3. The molecule has 2 aromatic carbocycles. The molecule has 16 heteroatoms. The molecule has 1 heterocycles. The maximum absolute atomic E-state index is 12.9. The number of aromatic nitrogens is 4. The molecular formula is C18H23N9O5S2. The highest BCUT2D eigenvalue weighted by Crippen LogP contribution is 2.38. The Labute approximate surface area is 195 Å². The molecular weight excluding hydrogens is 486 g/mol. The third kappa shape index (κ3) is 5.44. The van der Waals surface area contributed by atoms with Gasteiger partial charge in [-0.2, -0.15) is 5.21 Å². The Hall–Kier alpha value is -3.28. The summed E-state index contributed by atoms with van der Waals surface area (Å²) in [5.74, 6) is -0.613. The standard InChI is InChI=1S/C18H23N9O5S2/c19-6-8-22-18(28)12-3-1-2-11(10-12)13-4-5-14(34(31,32)23-9-7-20)16(33(21,29)30)15(13)17-24-26-27-25-17/h1-5,10,23H,6-9,19-20H2,(H,22,28)(H2,21,29,30)(H,24,25,26,27). The summed E-state index contributed by atoms with van der Waals surface area (Å²) in [7, 11) is -8.96. The highest BCUT2D eigenvalue weighted by atomic mass is 32.2. The van der Waals surface area contributed by atoms with Gasteiger partial charge in [0.1, 0.15) is 9.79 Å². The number of tetrazole rings is 1. The molecule has 0 atom stereocenters. The first-order valence-corrected chi connectivity index (χ1v) is 12.8. The molecule has 34 heavy (non-hydrogen) atoms. The van der Waals surface area contributed by atoms with Crippen LogP contribution in [0.5, 0.6) is 0 Å². The molecule has 0 radical (unpaired) electrons. The first-order valence-electron chi connectivity index (χ1n) is 9.82. The average Bonchev–Trinajstić information content (AvgIpc) is 3.34. The topological polar surface area (TPSA) is 242 Å². The van der Waals surface area contributed by atoms with Crippen molar-refractivity contribution in [2.24, 2.45) is 16.6 Å². The van der Waals surface area contributed by atoms with E-state index >= 15 is 0 Å². The van der Waals surface area contributed by atoms with Crippen LogP contribution in [0.3, 0.4) is 0 Å². The Balaban J connectivity index is 2.32.